The van der Waals surface area contributed by atoms with E-state index in [1.165, 1.54) is 0 Å². The molecule has 0 amide bonds. The highest BCUT2D eigenvalue weighted by molar-refractivity contribution is 5.84. The summed E-state index contributed by atoms with van der Waals surface area (Å²) in [5.41, 5.74) is 3.63. The van der Waals surface area contributed by atoms with Crippen LogP contribution in [0.2, 0.25) is 0 Å². The van der Waals surface area contributed by atoms with Gasteiger partial charge in [0.1, 0.15) is 17.0 Å². The molecule has 0 bridgehead atoms. The second kappa shape index (κ2) is 4.56. The Labute approximate surface area is 126 Å². The molecule has 4 aromatic rings. The first kappa shape index (κ1) is 12.8. The lowest BCUT2D eigenvalue weighted by atomic mass is 10.1. The molecule has 0 unspecified atom stereocenters. The summed E-state index contributed by atoms with van der Waals surface area (Å²) in [6, 6.07) is 15.5. The molecule has 0 atom stereocenters. The van der Waals surface area contributed by atoms with E-state index in [1.54, 1.807) is 0 Å². The molecule has 4 nitrogen and oxygen atoms in total. The van der Waals surface area contributed by atoms with Gasteiger partial charge in [0, 0.05) is 12.4 Å². The van der Waals surface area contributed by atoms with Gasteiger partial charge in [0.2, 0.25) is 0 Å². The summed E-state index contributed by atoms with van der Waals surface area (Å²) in [6.45, 7) is 1.97. The van der Waals surface area contributed by atoms with Crippen molar-refractivity contribution in [1.29, 1.82) is 0 Å². The van der Waals surface area contributed by atoms with Crippen LogP contribution in [0.25, 0.3) is 33.4 Å². The summed E-state index contributed by atoms with van der Waals surface area (Å²) in [5, 5.41) is 0.896. The zero-order valence-corrected chi connectivity index (χ0v) is 12.3. The maximum absolute atomic E-state index is 12.4. The Morgan fingerprint density at radius 1 is 1.09 bits per heavy atom. The predicted octanol–water partition coefficient (Wildman–Crippen LogP) is 3.66. The fraction of sp³-hybridized carbons (Fsp3) is 0.111. The van der Waals surface area contributed by atoms with E-state index in [0.717, 1.165) is 22.0 Å². The number of nitrogens with zero attached hydrogens (tertiary/aromatic N) is 2. The number of para-hydroxylation sites is 2. The highest BCUT2D eigenvalue weighted by Gasteiger charge is 2.15. The minimum Gasteiger partial charge on any atom is -0.422 e. The topological polar surface area (TPSA) is 48.0 Å². The van der Waals surface area contributed by atoms with E-state index < -0.39 is 0 Å². The summed E-state index contributed by atoms with van der Waals surface area (Å²) in [6.07, 6.45) is 0. The Bertz CT molecular complexity index is 1070. The van der Waals surface area contributed by atoms with E-state index in [2.05, 4.69) is 4.98 Å². The van der Waals surface area contributed by atoms with Crippen LogP contribution in [-0.2, 0) is 7.05 Å². The number of aryl methyl sites for hydroxylation is 2. The summed E-state index contributed by atoms with van der Waals surface area (Å²) in [4.78, 5) is 16.9. The van der Waals surface area contributed by atoms with Crippen molar-refractivity contribution < 1.29 is 4.42 Å². The lowest BCUT2D eigenvalue weighted by Gasteiger charge is -2.03. The molecule has 0 aliphatic carbocycles. The first-order valence-electron chi connectivity index (χ1n) is 7.10. The number of fused-ring (bicyclic) bond motifs is 2. The molecule has 0 aliphatic heterocycles. The average molecular weight is 290 g/mol. The molecular weight excluding hydrogens is 276 g/mol. The lowest BCUT2D eigenvalue weighted by Crippen LogP contribution is -2.06. The van der Waals surface area contributed by atoms with E-state index in [1.807, 2.05) is 67.1 Å². The van der Waals surface area contributed by atoms with Crippen LogP contribution in [0.1, 0.15) is 5.56 Å². The van der Waals surface area contributed by atoms with Crippen molar-refractivity contribution in [2.45, 2.75) is 6.92 Å². The predicted molar refractivity (Wildman–Crippen MR) is 86.9 cm³/mol. The molecule has 0 radical (unpaired) electrons. The van der Waals surface area contributed by atoms with Crippen molar-refractivity contribution in [2.24, 2.45) is 7.05 Å². The van der Waals surface area contributed by atoms with Crippen molar-refractivity contribution >= 4 is 22.0 Å². The lowest BCUT2D eigenvalue weighted by molar-refractivity contribution is 0.562. The molecule has 0 fully saturated rings. The van der Waals surface area contributed by atoms with Gasteiger partial charge in [-0.05, 0) is 36.8 Å². The third-order valence-electron chi connectivity index (χ3n) is 3.92. The first-order chi connectivity index (χ1) is 10.6. The third kappa shape index (κ3) is 1.84. The monoisotopic (exact) mass is 290 g/mol. The Morgan fingerprint density at radius 3 is 2.73 bits per heavy atom. The largest absolute Gasteiger partial charge is 0.422 e. The number of hydrogen-bond acceptors (Lipinski definition) is 3. The highest BCUT2D eigenvalue weighted by Crippen LogP contribution is 2.24. The summed E-state index contributed by atoms with van der Waals surface area (Å²) >= 11 is 0. The van der Waals surface area contributed by atoms with Crippen LogP contribution in [0.3, 0.4) is 0 Å². The van der Waals surface area contributed by atoms with E-state index in [0.29, 0.717) is 17.0 Å². The molecule has 2 aromatic carbocycles. The second-order valence-corrected chi connectivity index (χ2v) is 5.47. The SMILES string of the molecule is Cc1ccc2cc(-c3nc4ccccc4n3C)c(=O)oc2c1. The normalized spacial score (nSPS) is 11.4. The fourth-order valence-electron chi connectivity index (χ4n) is 2.76. The molecule has 2 heterocycles. The van der Waals surface area contributed by atoms with Crippen LogP contribution in [0.15, 0.2) is 57.7 Å². The van der Waals surface area contributed by atoms with Gasteiger partial charge in [0.15, 0.2) is 0 Å². The highest BCUT2D eigenvalue weighted by atomic mass is 16.4. The van der Waals surface area contributed by atoms with Crippen LogP contribution >= 0.6 is 0 Å². The quantitative estimate of drug-likeness (QED) is 0.503. The van der Waals surface area contributed by atoms with E-state index in [9.17, 15) is 4.79 Å². The third-order valence-corrected chi connectivity index (χ3v) is 3.92. The van der Waals surface area contributed by atoms with Crippen LogP contribution in [0.5, 0.6) is 0 Å². The maximum atomic E-state index is 12.4. The van der Waals surface area contributed by atoms with Gasteiger partial charge in [0.05, 0.1) is 11.0 Å². The smallest absolute Gasteiger partial charge is 0.347 e. The minimum absolute atomic E-state index is 0.364. The minimum atomic E-state index is -0.364. The van der Waals surface area contributed by atoms with E-state index >= 15 is 0 Å². The molecule has 2 aromatic heterocycles. The molecule has 22 heavy (non-hydrogen) atoms. The molecular formula is C18H14N2O2. The molecule has 4 rings (SSSR count). The van der Waals surface area contributed by atoms with Crippen molar-refractivity contribution in [3.63, 3.8) is 0 Å². The van der Waals surface area contributed by atoms with Gasteiger partial charge in [-0.25, -0.2) is 9.78 Å². The molecule has 0 N–H and O–H groups in total. The van der Waals surface area contributed by atoms with Gasteiger partial charge < -0.3 is 8.98 Å². The van der Waals surface area contributed by atoms with Crippen LogP contribution in [-0.4, -0.2) is 9.55 Å². The first-order valence-corrected chi connectivity index (χ1v) is 7.10. The van der Waals surface area contributed by atoms with Gasteiger partial charge in [-0.3, -0.25) is 0 Å². The molecule has 0 saturated carbocycles. The van der Waals surface area contributed by atoms with Crippen molar-refractivity contribution in [1.82, 2.24) is 9.55 Å². The zero-order valence-electron chi connectivity index (χ0n) is 12.3. The number of hydrogen-bond donors (Lipinski definition) is 0. The van der Waals surface area contributed by atoms with Crippen LogP contribution < -0.4 is 5.63 Å². The molecule has 0 saturated heterocycles. The van der Waals surface area contributed by atoms with Crippen molar-refractivity contribution in [2.75, 3.05) is 0 Å². The fourth-order valence-corrected chi connectivity index (χ4v) is 2.76. The molecule has 108 valence electrons. The molecule has 4 heteroatoms. The Kier molecular flexibility index (Phi) is 2.66. The average Bonchev–Trinajstić information content (AvgIpc) is 2.84. The van der Waals surface area contributed by atoms with Gasteiger partial charge in [-0.2, -0.15) is 0 Å². The number of aromatic nitrogens is 2. The van der Waals surface area contributed by atoms with E-state index in [4.69, 9.17) is 4.42 Å². The van der Waals surface area contributed by atoms with Gasteiger partial charge in [-0.15, -0.1) is 0 Å². The Hall–Kier alpha value is -2.88. The summed E-state index contributed by atoms with van der Waals surface area (Å²) in [5.74, 6) is 0.623. The zero-order chi connectivity index (χ0) is 15.3. The Balaban J connectivity index is 2.03. The van der Waals surface area contributed by atoms with Crippen molar-refractivity contribution in [3.05, 3.63) is 64.5 Å². The van der Waals surface area contributed by atoms with Crippen molar-refractivity contribution in [3.8, 4) is 11.4 Å². The standard InChI is InChI=1S/C18H14N2O2/c1-11-7-8-12-10-13(18(21)22-16(12)9-11)17-19-14-5-3-4-6-15(14)20(17)2/h3-10H,1-2H3. The van der Waals surface area contributed by atoms with Gasteiger partial charge in [-0.1, -0.05) is 24.3 Å². The number of rotatable bonds is 1. The van der Waals surface area contributed by atoms with Crippen LogP contribution in [0.4, 0.5) is 0 Å². The van der Waals surface area contributed by atoms with E-state index in [-0.39, 0.29) is 5.63 Å². The molecule has 0 spiro atoms. The number of imidazole rings is 1. The Morgan fingerprint density at radius 2 is 1.91 bits per heavy atom. The van der Waals surface area contributed by atoms with Gasteiger partial charge in [0.25, 0.3) is 0 Å². The summed E-state index contributed by atoms with van der Waals surface area (Å²) in [7, 11) is 1.91. The number of benzene rings is 2. The molecule has 0 aliphatic rings. The maximum Gasteiger partial charge on any atom is 0.347 e. The van der Waals surface area contributed by atoms with Crippen LogP contribution in [0, 0.1) is 6.92 Å². The summed E-state index contributed by atoms with van der Waals surface area (Å²) < 4.78 is 7.39. The second-order valence-electron chi connectivity index (χ2n) is 5.47. The van der Waals surface area contributed by atoms with Gasteiger partial charge >= 0.3 is 5.63 Å².